The number of piperidine rings is 1. The number of rotatable bonds is 4. The van der Waals surface area contributed by atoms with Crippen molar-refractivity contribution < 1.29 is 19.6 Å². The lowest BCUT2D eigenvalue weighted by Crippen LogP contribution is -2.40. The summed E-state index contributed by atoms with van der Waals surface area (Å²) in [5.74, 6) is -1.09. The Kier molecular flexibility index (Phi) is 4.52. The van der Waals surface area contributed by atoms with Gasteiger partial charge < -0.3 is 10.0 Å². The highest BCUT2D eigenvalue weighted by atomic mass is 16.6. The van der Waals surface area contributed by atoms with Crippen molar-refractivity contribution in [1.82, 2.24) is 4.90 Å². The van der Waals surface area contributed by atoms with E-state index in [2.05, 4.69) is 0 Å². The minimum absolute atomic E-state index is 0.0294. The fourth-order valence-corrected chi connectivity index (χ4v) is 2.57. The van der Waals surface area contributed by atoms with Gasteiger partial charge in [-0.1, -0.05) is 0 Å². The molecule has 1 saturated heterocycles. The van der Waals surface area contributed by atoms with Crippen LogP contribution in [-0.2, 0) is 4.79 Å². The molecule has 0 radical (unpaired) electrons. The van der Waals surface area contributed by atoms with Crippen LogP contribution in [0.25, 0.3) is 0 Å². The largest absolute Gasteiger partial charge is 0.481 e. The van der Waals surface area contributed by atoms with Gasteiger partial charge in [0, 0.05) is 37.2 Å². The average Bonchev–Trinajstić information content (AvgIpc) is 2.46. The summed E-state index contributed by atoms with van der Waals surface area (Å²) >= 11 is 0. The quantitative estimate of drug-likeness (QED) is 0.675. The van der Waals surface area contributed by atoms with Crippen LogP contribution >= 0.6 is 0 Å². The van der Waals surface area contributed by atoms with Gasteiger partial charge >= 0.3 is 5.97 Å². The van der Waals surface area contributed by atoms with Crippen LogP contribution in [0.4, 0.5) is 5.69 Å². The van der Waals surface area contributed by atoms with Crippen molar-refractivity contribution in [2.24, 2.45) is 5.92 Å². The van der Waals surface area contributed by atoms with Crippen LogP contribution in [0.1, 0.15) is 29.6 Å². The van der Waals surface area contributed by atoms with Crippen LogP contribution in [-0.4, -0.2) is 39.9 Å². The zero-order chi connectivity index (χ0) is 15.4. The van der Waals surface area contributed by atoms with Gasteiger partial charge in [-0.05, 0) is 30.9 Å². The Bertz CT molecular complexity index is 555. The number of amides is 1. The molecule has 0 aromatic heterocycles. The molecular formula is C14H16N2O5. The van der Waals surface area contributed by atoms with E-state index in [4.69, 9.17) is 5.11 Å². The van der Waals surface area contributed by atoms with Crippen LogP contribution in [0.2, 0.25) is 0 Å². The maximum Gasteiger partial charge on any atom is 0.303 e. The maximum atomic E-state index is 12.3. The number of hydrogen-bond donors (Lipinski definition) is 1. The van der Waals surface area contributed by atoms with Crippen LogP contribution < -0.4 is 0 Å². The Morgan fingerprint density at radius 1 is 1.33 bits per heavy atom. The second-order valence-electron chi connectivity index (χ2n) is 5.16. The summed E-state index contributed by atoms with van der Waals surface area (Å²) < 4.78 is 0. The molecule has 0 spiro atoms. The molecule has 1 fully saturated rings. The lowest BCUT2D eigenvalue weighted by atomic mass is 9.94. The normalized spacial score (nSPS) is 18.3. The molecule has 1 aromatic rings. The van der Waals surface area contributed by atoms with Crippen molar-refractivity contribution in [1.29, 1.82) is 0 Å². The van der Waals surface area contributed by atoms with Crippen molar-refractivity contribution in [3.05, 3.63) is 39.9 Å². The average molecular weight is 292 g/mol. The van der Waals surface area contributed by atoms with Gasteiger partial charge in [0.2, 0.25) is 0 Å². The number of likely N-dealkylation sites (tertiary alicyclic amines) is 1. The SMILES string of the molecule is O=C(O)CC1CCCN(C(=O)c2ccc([N+](=O)[O-])cc2)C1. The first-order chi connectivity index (χ1) is 9.97. The molecule has 1 aliphatic rings. The Morgan fingerprint density at radius 3 is 2.57 bits per heavy atom. The van der Waals surface area contributed by atoms with E-state index >= 15 is 0 Å². The molecule has 0 bridgehead atoms. The molecule has 112 valence electrons. The standard InChI is InChI=1S/C14H16N2O5/c17-13(18)8-10-2-1-7-15(9-10)14(19)11-3-5-12(6-4-11)16(20)21/h3-6,10H,1-2,7-9H2,(H,17,18). The fraction of sp³-hybridized carbons (Fsp3) is 0.429. The number of carbonyl (C=O) groups is 2. The number of hydrogen-bond acceptors (Lipinski definition) is 4. The Balaban J connectivity index is 2.04. The number of carboxylic acids is 1. The highest BCUT2D eigenvalue weighted by molar-refractivity contribution is 5.94. The van der Waals surface area contributed by atoms with Crippen molar-refractivity contribution in [3.63, 3.8) is 0 Å². The van der Waals surface area contributed by atoms with Gasteiger partial charge in [0.05, 0.1) is 4.92 Å². The zero-order valence-corrected chi connectivity index (χ0v) is 11.4. The van der Waals surface area contributed by atoms with E-state index in [-0.39, 0.29) is 23.9 Å². The Hall–Kier alpha value is -2.44. The number of benzene rings is 1. The summed E-state index contributed by atoms with van der Waals surface area (Å²) in [4.78, 5) is 34.8. The molecule has 1 N–H and O–H groups in total. The third kappa shape index (κ3) is 3.77. The van der Waals surface area contributed by atoms with E-state index in [1.165, 1.54) is 24.3 Å². The van der Waals surface area contributed by atoms with E-state index in [0.717, 1.165) is 12.8 Å². The Labute approximate surface area is 121 Å². The summed E-state index contributed by atoms with van der Waals surface area (Å²) in [6, 6.07) is 5.46. The first-order valence-corrected chi connectivity index (χ1v) is 6.73. The van der Waals surface area contributed by atoms with Crippen molar-refractivity contribution >= 4 is 17.6 Å². The highest BCUT2D eigenvalue weighted by Crippen LogP contribution is 2.22. The van der Waals surface area contributed by atoms with E-state index in [1.54, 1.807) is 4.90 Å². The number of nitrogens with zero attached hydrogens (tertiary/aromatic N) is 2. The molecule has 7 heteroatoms. The second-order valence-corrected chi connectivity index (χ2v) is 5.16. The third-order valence-corrected chi connectivity index (χ3v) is 3.59. The predicted molar refractivity (Wildman–Crippen MR) is 74.0 cm³/mol. The molecule has 1 amide bonds. The van der Waals surface area contributed by atoms with Gasteiger partial charge in [0.25, 0.3) is 11.6 Å². The summed E-state index contributed by atoms with van der Waals surface area (Å²) in [5, 5.41) is 19.4. The topological polar surface area (TPSA) is 101 Å². The molecule has 2 rings (SSSR count). The number of carbonyl (C=O) groups excluding carboxylic acids is 1. The van der Waals surface area contributed by atoms with Crippen molar-refractivity contribution in [3.8, 4) is 0 Å². The van der Waals surface area contributed by atoms with Crippen molar-refractivity contribution in [2.75, 3.05) is 13.1 Å². The van der Waals surface area contributed by atoms with E-state index in [1.807, 2.05) is 0 Å². The van der Waals surface area contributed by atoms with Crippen LogP contribution in [0, 0.1) is 16.0 Å². The van der Waals surface area contributed by atoms with Gasteiger partial charge in [0.1, 0.15) is 0 Å². The lowest BCUT2D eigenvalue weighted by molar-refractivity contribution is -0.384. The van der Waals surface area contributed by atoms with Gasteiger partial charge in [-0.25, -0.2) is 0 Å². The summed E-state index contributed by atoms with van der Waals surface area (Å²) in [5.41, 5.74) is 0.325. The van der Waals surface area contributed by atoms with Gasteiger partial charge in [-0.2, -0.15) is 0 Å². The molecule has 1 unspecified atom stereocenters. The summed E-state index contributed by atoms with van der Waals surface area (Å²) in [7, 11) is 0. The lowest BCUT2D eigenvalue weighted by Gasteiger charge is -2.32. The monoisotopic (exact) mass is 292 g/mol. The minimum atomic E-state index is -0.857. The number of non-ortho nitro benzene ring substituents is 1. The third-order valence-electron chi connectivity index (χ3n) is 3.59. The van der Waals surface area contributed by atoms with E-state index < -0.39 is 10.9 Å². The zero-order valence-electron chi connectivity index (χ0n) is 11.4. The molecule has 1 atom stereocenters. The molecule has 21 heavy (non-hydrogen) atoms. The van der Waals surface area contributed by atoms with E-state index in [9.17, 15) is 19.7 Å². The molecule has 0 saturated carbocycles. The molecular weight excluding hydrogens is 276 g/mol. The summed E-state index contributed by atoms with van der Waals surface area (Å²) in [6.45, 7) is 1.01. The van der Waals surface area contributed by atoms with Crippen LogP contribution in [0.5, 0.6) is 0 Å². The number of carboxylic acid groups (broad SMARTS) is 1. The summed E-state index contributed by atoms with van der Waals surface area (Å²) in [6.07, 6.45) is 1.64. The van der Waals surface area contributed by atoms with Crippen molar-refractivity contribution in [2.45, 2.75) is 19.3 Å². The predicted octanol–water partition coefficient (Wildman–Crippen LogP) is 1.92. The maximum absolute atomic E-state index is 12.3. The first-order valence-electron chi connectivity index (χ1n) is 6.73. The minimum Gasteiger partial charge on any atom is -0.481 e. The number of aliphatic carboxylic acids is 1. The van der Waals surface area contributed by atoms with Gasteiger partial charge in [0.15, 0.2) is 0 Å². The fourth-order valence-electron chi connectivity index (χ4n) is 2.57. The second kappa shape index (κ2) is 6.34. The number of nitro benzene ring substituents is 1. The molecule has 0 aliphatic carbocycles. The molecule has 7 nitrogen and oxygen atoms in total. The smallest absolute Gasteiger partial charge is 0.303 e. The van der Waals surface area contributed by atoms with E-state index in [0.29, 0.717) is 18.7 Å². The van der Waals surface area contributed by atoms with Crippen LogP contribution in [0.3, 0.4) is 0 Å². The Morgan fingerprint density at radius 2 is 2.00 bits per heavy atom. The molecule has 1 aromatic carbocycles. The van der Waals surface area contributed by atoms with Gasteiger partial charge in [-0.3, -0.25) is 19.7 Å². The molecule has 1 heterocycles. The molecule has 1 aliphatic heterocycles. The first kappa shape index (κ1) is 15.0. The highest BCUT2D eigenvalue weighted by Gasteiger charge is 2.26. The number of nitro groups is 1. The van der Waals surface area contributed by atoms with Crippen LogP contribution in [0.15, 0.2) is 24.3 Å². The van der Waals surface area contributed by atoms with Gasteiger partial charge in [-0.15, -0.1) is 0 Å².